The highest BCUT2D eigenvalue weighted by Gasteiger charge is 2.52. The lowest BCUT2D eigenvalue weighted by Crippen LogP contribution is -2.41. The minimum Gasteiger partial charge on any atom is -0.493 e. The highest BCUT2D eigenvalue weighted by molar-refractivity contribution is 6.62. The summed E-state index contributed by atoms with van der Waals surface area (Å²) < 4.78 is 46.9. The average Bonchev–Trinajstić information content (AvgIpc) is 3.47. The van der Waals surface area contributed by atoms with Crippen LogP contribution in [-0.2, 0) is 22.3 Å². The monoisotopic (exact) mass is 484 g/mol. The van der Waals surface area contributed by atoms with E-state index in [0.717, 1.165) is 18.4 Å². The van der Waals surface area contributed by atoms with Gasteiger partial charge in [0, 0.05) is 24.6 Å². The van der Waals surface area contributed by atoms with Gasteiger partial charge in [-0.25, -0.2) is 13.6 Å². The third kappa shape index (κ3) is 4.89. The molecule has 9 heteroatoms. The van der Waals surface area contributed by atoms with Gasteiger partial charge >= 0.3 is 13.1 Å². The first-order valence-corrected chi connectivity index (χ1v) is 12.2. The molecule has 2 fully saturated rings. The summed E-state index contributed by atoms with van der Waals surface area (Å²) in [4.78, 5) is 14.4. The molecule has 0 atom stereocenters. The fourth-order valence-corrected chi connectivity index (χ4v) is 4.37. The van der Waals surface area contributed by atoms with Crippen LogP contribution in [-0.4, -0.2) is 37.5 Å². The number of halogens is 2. The molecule has 0 unspecified atom stereocenters. The number of fused-ring (bicyclic) bond motifs is 1. The van der Waals surface area contributed by atoms with Crippen molar-refractivity contribution in [3.63, 3.8) is 0 Å². The Bertz CT molecular complexity index is 1140. The topological polar surface area (TPSA) is 60.0 Å². The number of carbonyl (C=O) groups excluding carboxylic acids is 1. The van der Waals surface area contributed by atoms with Crippen LogP contribution in [0.25, 0.3) is 0 Å². The highest BCUT2D eigenvalue weighted by Crippen LogP contribution is 2.37. The van der Waals surface area contributed by atoms with Crippen LogP contribution >= 0.6 is 0 Å². The van der Waals surface area contributed by atoms with Crippen molar-refractivity contribution in [2.75, 3.05) is 18.1 Å². The molecule has 35 heavy (non-hydrogen) atoms. The van der Waals surface area contributed by atoms with E-state index in [9.17, 15) is 9.18 Å². The third-order valence-corrected chi connectivity index (χ3v) is 7.40. The first kappa shape index (κ1) is 24.1. The van der Waals surface area contributed by atoms with Gasteiger partial charge < -0.3 is 19.4 Å². The molecular formula is C26H31BF2N2O4. The molecule has 0 radical (unpaired) electrons. The Balaban J connectivity index is 1.26. The Morgan fingerprint density at radius 3 is 2.51 bits per heavy atom. The Hall–Kier alpha value is -2.65. The smallest absolute Gasteiger partial charge is 0.493 e. The Kier molecular flexibility index (Phi) is 6.04. The molecule has 0 bridgehead atoms. The van der Waals surface area contributed by atoms with Crippen LogP contribution in [0.5, 0.6) is 5.75 Å². The van der Waals surface area contributed by atoms with Crippen molar-refractivity contribution < 1.29 is 27.6 Å². The third-order valence-electron chi connectivity index (χ3n) is 7.40. The zero-order chi connectivity index (χ0) is 25.0. The Morgan fingerprint density at radius 1 is 1.11 bits per heavy atom. The number of hydrogen-bond acceptors (Lipinski definition) is 4. The van der Waals surface area contributed by atoms with Crippen molar-refractivity contribution in [2.24, 2.45) is 5.92 Å². The average molecular weight is 484 g/mol. The summed E-state index contributed by atoms with van der Waals surface area (Å²) in [5.74, 6) is 0.128. The molecule has 3 aliphatic rings. The Labute approximate surface area is 205 Å². The van der Waals surface area contributed by atoms with Crippen molar-refractivity contribution in [1.82, 2.24) is 5.32 Å². The predicted molar refractivity (Wildman–Crippen MR) is 130 cm³/mol. The van der Waals surface area contributed by atoms with Crippen LogP contribution in [0.2, 0.25) is 0 Å². The molecule has 2 amide bonds. The second-order valence-corrected chi connectivity index (χ2v) is 10.7. The maximum Gasteiger partial charge on any atom is 0.497 e. The molecule has 1 N–H and O–H groups in total. The number of rotatable bonds is 6. The minimum absolute atomic E-state index is 0.136. The molecule has 186 valence electrons. The van der Waals surface area contributed by atoms with Gasteiger partial charge in [-0.05, 0) is 82.2 Å². The molecule has 0 aromatic heterocycles. The van der Waals surface area contributed by atoms with Gasteiger partial charge in [0.2, 0.25) is 0 Å². The maximum absolute atomic E-state index is 15.1. The van der Waals surface area contributed by atoms with Gasteiger partial charge in [-0.2, -0.15) is 0 Å². The van der Waals surface area contributed by atoms with Gasteiger partial charge in [-0.3, -0.25) is 4.90 Å². The highest BCUT2D eigenvalue weighted by atomic mass is 19.1. The lowest BCUT2D eigenvalue weighted by atomic mass is 9.77. The van der Waals surface area contributed by atoms with E-state index in [1.807, 2.05) is 27.7 Å². The number of carbonyl (C=O) groups is 1. The molecule has 2 heterocycles. The number of urea groups is 1. The number of anilines is 1. The van der Waals surface area contributed by atoms with Crippen LogP contribution in [0.3, 0.4) is 0 Å². The lowest BCUT2D eigenvalue weighted by Gasteiger charge is -2.32. The molecule has 1 saturated heterocycles. The summed E-state index contributed by atoms with van der Waals surface area (Å²) in [7, 11) is -0.808. The van der Waals surface area contributed by atoms with Crippen LogP contribution in [0.15, 0.2) is 30.3 Å². The molecule has 0 spiro atoms. The van der Waals surface area contributed by atoms with Crippen LogP contribution in [0.1, 0.15) is 51.7 Å². The summed E-state index contributed by atoms with van der Waals surface area (Å²) in [6, 6.07) is 7.20. The van der Waals surface area contributed by atoms with Crippen LogP contribution in [0, 0.1) is 17.6 Å². The van der Waals surface area contributed by atoms with Crippen molar-refractivity contribution in [3.05, 3.63) is 53.1 Å². The zero-order valence-electron chi connectivity index (χ0n) is 20.6. The van der Waals surface area contributed by atoms with Crippen LogP contribution in [0.4, 0.5) is 19.3 Å². The van der Waals surface area contributed by atoms with Gasteiger partial charge in [0.1, 0.15) is 17.4 Å². The largest absolute Gasteiger partial charge is 0.497 e. The molecule has 5 rings (SSSR count). The zero-order valence-corrected chi connectivity index (χ0v) is 20.6. The quantitative estimate of drug-likeness (QED) is 0.621. The van der Waals surface area contributed by atoms with E-state index in [1.54, 1.807) is 12.1 Å². The van der Waals surface area contributed by atoms with Gasteiger partial charge in [0.05, 0.1) is 23.5 Å². The molecule has 6 nitrogen and oxygen atoms in total. The standard InChI is InChI=1S/C26H31BF2N2O4/c1-25(2)26(3,4)35-27(34-25)21-11-18-7-8-31(23(18)13-22(21)29)24(32)30-14-17-9-19(28)12-20(10-17)33-15-16-5-6-16/h9-13,16H,5-8,14-15H2,1-4H3,(H,30,32). The molecule has 1 saturated carbocycles. The fraction of sp³-hybridized carbons (Fsp3) is 0.500. The SMILES string of the molecule is CC1(C)OB(c2cc3c(cc2F)N(C(=O)NCc2cc(F)cc(OCC4CC4)c2)CC3)OC1(C)C. The first-order chi connectivity index (χ1) is 16.5. The van der Waals surface area contributed by atoms with Gasteiger partial charge in [0.15, 0.2) is 0 Å². The number of benzene rings is 2. The van der Waals surface area contributed by atoms with Crippen molar-refractivity contribution in [3.8, 4) is 5.75 Å². The van der Waals surface area contributed by atoms with Crippen molar-refractivity contribution in [2.45, 2.75) is 64.7 Å². The van der Waals surface area contributed by atoms with Crippen molar-refractivity contribution in [1.29, 1.82) is 0 Å². The second kappa shape index (κ2) is 8.78. The van der Waals surface area contributed by atoms with E-state index in [4.69, 9.17) is 14.0 Å². The van der Waals surface area contributed by atoms with E-state index in [2.05, 4.69) is 5.32 Å². The van der Waals surface area contributed by atoms with Crippen LogP contribution < -0.4 is 20.4 Å². The number of amides is 2. The molecular weight excluding hydrogens is 453 g/mol. The fourth-order valence-electron chi connectivity index (χ4n) is 4.37. The second-order valence-electron chi connectivity index (χ2n) is 10.7. The summed E-state index contributed by atoms with van der Waals surface area (Å²) in [5, 5.41) is 2.82. The number of nitrogens with zero attached hydrogens (tertiary/aromatic N) is 1. The molecule has 2 aromatic rings. The molecule has 2 aromatic carbocycles. The van der Waals surface area contributed by atoms with E-state index in [0.29, 0.717) is 48.0 Å². The minimum atomic E-state index is -0.808. The summed E-state index contributed by atoms with van der Waals surface area (Å²) >= 11 is 0. The summed E-state index contributed by atoms with van der Waals surface area (Å²) in [6.07, 6.45) is 2.89. The summed E-state index contributed by atoms with van der Waals surface area (Å²) in [6.45, 7) is 8.83. The first-order valence-electron chi connectivity index (χ1n) is 12.2. The molecule has 2 aliphatic heterocycles. The van der Waals surface area contributed by atoms with Gasteiger partial charge in [0.25, 0.3) is 0 Å². The molecule has 1 aliphatic carbocycles. The lowest BCUT2D eigenvalue weighted by molar-refractivity contribution is 0.00578. The van der Waals surface area contributed by atoms with E-state index < -0.39 is 30.0 Å². The van der Waals surface area contributed by atoms with E-state index >= 15 is 4.39 Å². The van der Waals surface area contributed by atoms with E-state index in [-0.39, 0.29) is 12.6 Å². The Morgan fingerprint density at radius 2 is 1.83 bits per heavy atom. The number of nitrogens with one attached hydrogen (secondary N) is 1. The normalized spacial score (nSPS) is 20.2. The maximum atomic E-state index is 15.1. The van der Waals surface area contributed by atoms with E-state index in [1.165, 1.54) is 23.1 Å². The number of ether oxygens (including phenoxy) is 1. The number of hydrogen-bond donors (Lipinski definition) is 1. The predicted octanol–water partition coefficient (Wildman–Crippen LogP) is 4.33. The summed E-state index contributed by atoms with van der Waals surface area (Å²) in [5.41, 5.74) is 1.17. The van der Waals surface area contributed by atoms with Crippen molar-refractivity contribution >= 4 is 24.3 Å². The van der Waals surface area contributed by atoms with Gasteiger partial charge in [-0.1, -0.05) is 6.07 Å². The van der Waals surface area contributed by atoms with Gasteiger partial charge in [-0.15, -0.1) is 0 Å².